The molecule has 1 aromatic rings. The summed E-state index contributed by atoms with van der Waals surface area (Å²) >= 11 is 0. The minimum atomic E-state index is -3.62. The molecule has 1 aromatic carbocycles. The smallest absolute Gasteiger partial charge is 0.243 e. The lowest BCUT2D eigenvalue weighted by Gasteiger charge is -2.31. The van der Waals surface area contributed by atoms with E-state index >= 15 is 0 Å². The van der Waals surface area contributed by atoms with Crippen molar-refractivity contribution in [1.82, 2.24) is 9.62 Å². The van der Waals surface area contributed by atoms with Gasteiger partial charge < -0.3 is 5.32 Å². The first-order chi connectivity index (χ1) is 10.8. The highest BCUT2D eigenvalue weighted by Crippen LogP contribution is 2.24. The van der Waals surface area contributed by atoms with E-state index in [1.807, 2.05) is 13.8 Å². The fraction of sp³-hybridized carbons (Fsp3) is 0.562. The number of sulfonamides is 1. The molecule has 128 valence electrons. The highest BCUT2D eigenvalue weighted by molar-refractivity contribution is 7.89. The number of benzene rings is 1. The van der Waals surface area contributed by atoms with Crippen molar-refractivity contribution in [3.8, 4) is 0 Å². The van der Waals surface area contributed by atoms with Gasteiger partial charge in [-0.05, 0) is 50.5 Å². The molecule has 0 bridgehead atoms. The number of piperidine rings is 1. The van der Waals surface area contributed by atoms with Gasteiger partial charge in [-0.3, -0.25) is 4.79 Å². The van der Waals surface area contributed by atoms with E-state index in [0.717, 1.165) is 18.6 Å². The molecule has 1 aliphatic rings. The molecule has 5 nitrogen and oxygen atoms in total. The molecule has 1 fully saturated rings. The van der Waals surface area contributed by atoms with Crippen molar-refractivity contribution < 1.29 is 17.6 Å². The van der Waals surface area contributed by atoms with E-state index in [2.05, 4.69) is 5.32 Å². The Hall–Kier alpha value is -1.47. The Kier molecular flexibility index (Phi) is 5.75. The van der Waals surface area contributed by atoms with E-state index in [1.165, 1.54) is 16.4 Å². The molecular formula is C16H23FN2O3S. The summed E-state index contributed by atoms with van der Waals surface area (Å²) in [5, 5.41) is 2.94. The number of hydrogen-bond donors (Lipinski definition) is 1. The molecule has 0 spiro atoms. The van der Waals surface area contributed by atoms with Crippen molar-refractivity contribution in [2.75, 3.05) is 13.1 Å². The van der Waals surface area contributed by atoms with Crippen molar-refractivity contribution in [2.45, 2.75) is 44.0 Å². The average molecular weight is 342 g/mol. The van der Waals surface area contributed by atoms with Crippen molar-refractivity contribution in [1.29, 1.82) is 0 Å². The fourth-order valence-corrected chi connectivity index (χ4v) is 4.05. The normalized spacial score (nSPS) is 18.6. The van der Waals surface area contributed by atoms with Gasteiger partial charge in [0.05, 0.1) is 4.90 Å². The molecule has 1 saturated heterocycles. The molecule has 2 rings (SSSR count). The van der Waals surface area contributed by atoms with Gasteiger partial charge in [0.1, 0.15) is 5.82 Å². The summed E-state index contributed by atoms with van der Waals surface area (Å²) in [7, 11) is -3.62. The van der Waals surface area contributed by atoms with Crippen LogP contribution in [-0.4, -0.2) is 37.8 Å². The van der Waals surface area contributed by atoms with Crippen LogP contribution < -0.4 is 5.32 Å². The molecule has 7 heteroatoms. The van der Waals surface area contributed by atoms with E-state index < -0.39 is 15.8 Å². The van der Waals surface area contributed by atoms with Crippen LogP contribution in [0.4, 0.5) is 4.39 Å². The van der Waals surface area contributed by atoms with Crippen LogP contribution in [-0.2, 0) is 14.8 Å². The maximum absolute atomic E-state index is 12.9. The molecule has 0 aliphatic carbocycles. The number of hydrogen-bond acceptors (Lipinski definition) is 3. The first-order valence-electron chi connectivity index (χ1n) is 7.90. The highest BCUT2D eigenvalue weighted by Gasteiger charge is 2.32. The standard InChI is InChI=1S/C16H23FN2O3S/c1-3-12(2)18-16(20)13-8-10-19(11-9-13)23(21,22)15-6-4-14(17)5-7-15/h4-7,12-13H,3,8-11H2,1-2H3,(H,18,20). The van der Waals surface area contributed by atoms with Gasteiger partial charge in [0.25, 0.3) is 0 Å². The van der Waals surface area contributed by atoms with Gasteiger partial charge in [-0.1, -0.05) is 6.92 Å². The monoisotopic (exact) mass is 342 g/mol. The molecule has 1 atom stereocenters. The van der Waals surface area contributed by atoms with Crippen LogP contribution in [0.1, 0.15) is 33.1 Å². The Bertz CT molecular complexity index is 638. The minimum absolute atomic E-state index is 0.00169. The van der Waals surface area contributed by atoms with Gasteiger partial charge in [-0.25, -0.2) is 12.8 Å². The largest absolute Gasteiger partial charge is 0.353 e. The zero-order valence-corrected chi connectivity index (χ0v) is 14.3. The topological polar surface area (TPSA) is 66.5 Å². The molecule has 1 aliphatic heterocycles. The highest BCUT2D eigenvalue weighted by atomic mass is 32.2. The minimum Gasteiger partial charge on any atom is -0.353 e. The maximum Gasteiger partial charge on any atom is 0.243 e. The summed E-state index contributed by atoms with van der Waals surface area (Å²) < 4.78 is 39.3. The predicted octanol–water partition coefficient (Wildman–Crippen LogP) is 2.14. The van der Waals surface area contributed by atoms with Gasteiger partial charge in [0, 0.05) is 25.0 Å². The summed E-state index contributed by atoms with van der Waals surface area (Å²) in [6, 6.07) is 4.94. The number of carbonyl (C=O) groups excluding carboxylic acids is 1. The molecule has 0 aromatic heterocycles. The average Bonchev–Trinajstić information content (AvgIpc) is 2.55. The molecule has 1 amide bonds. The molecule has 0 radical (unpaired) electrons. The van der Waals surface area contributed by atoms with Crippen LogP contribution in [0.5, 0.6) is 0 Å². The van der Waals surface area contributed by atoms with Crippen LogP contribution in [0.2, 0.25) is 0 Å². The Morgan fingerprint density at radius 3 is 2.39 bits per heavy atom. The molecule has 1 unspecified atom stereocenters. The van der Waals surface area contributed by atoms with Crippen molar-refractivity contribution in [3.63, 3.8) is 0 Å². The number of amides is 1. The number of halogens is 1. The summed E-state index contributed by atoms with van der Waals surface area (Å²) in [5.74, 6) is -0.619. The van der Waals surface area contributed by atoms with Gasteiger partial charge in [0.2, 0.25) is 15.9 Å². The predicted molar refractivity (Wildman–Crippen MR) is 85.8 cm³/mol. The Labute approximate surface area is 136 Å². The van der Waals surface area contributed by atoms with Gasteiger partial charge in [-0.15, -0.1) is 0 Å². The van der Waals surface area contributed by atoms with Crippen LogP contribution in [0.25, 0.3) is 0 Å². The van der Waals surface area contributed by atoms with Gasteiger partial charge in [-0.2, -0.15) is 4.31 Å². The van der Waals surface area contributed by atoms with E-state index in [4.69, 9.17) is 0 Å². The second-order valence-electron chi connectivity index (χ2n) is 5.95. The van der Waals surface area contributed by atoms with Crippen molar-refractivity contribution in [3.05, 3.63) is 30.1 Å². The summed E-state index contributed by atoms with van der Waals surface area (Å²) in [6.45, 7) is 4.56. The third kappa shape index (κ3) is 4.29. The third-order valence-corrected chi connectivity index (χ3v) is 6.19. The molecule has 23 heavy (non-hydrogen) atoms. The maximum atomic E-state index is 12.9. The van der Waals surface area contributed by atoms with Gasteiger partial charge in [0.15, 0.2) is 0 Å². The van der Waals surface area contributed by atoms with Crippen molar-refractivity contribution in [2.24, 2.45) is 5.92 Å². The lowest BCUT2D eigenvalue weighted by atomic mass is 9.97. The number of carbonyl (C=O) groups is 1. The van der Waals surface area contributed by atoms with Crippen LogP contribution in [0.3, 0.4) is 0 Å². The first kappa shape index (κ1) is 17.9. The van der Waals surface area contributed by atoms with E-state index in [9.17, 15) is 17.6 Å². The summed E-state index contributed by atoms with van der Waals surface area (Å²) in [5.41, 5.74) is 0. The molecular weight excluding hydrogens is 319 g/mol. The molecule has 1 N–H and O–H groups in total. The van der Waals surface area contributed by atoms with Crippen LogP contribution in [0.15, 0.2) is 29.2 Å². The third-order valence-electron chi connectivity index (χ3n) is 4.28. The fourth-order valence-electron chi connectivity index (χ4n) is 2.58. The number of rotatable bonds is 5. The van der Waals surface area contributed by atoms with Crippen molar-refractivity contribution >= 4 is 15.9 Å². The Morgan fingerprint density at radius 2 is 1.87 bits per heavy atom. The SMILES string of the molecule is CCC(C)NC(=O)C1CCN(S(=O)(=O)c2ccc(F)cc2)CC1. The Morgan fingerprint density at radius 1 is 1.30 bits per heavy atom. The lowest BCUT2D eigenvalue weighted by molar-refractivity contribution is -0.126. The van der Waals surface area contributed by atoms with Crippen LogP contribution in [0, 0.1) is 11.7 Å². The Balaban J connectivity index is 1.98. The number of nitrogens with one attached hydrogen (secondary N) is 1. The molecule has 0 saturated carbocycles. The van der Waals surface area contributed by atoms with E-state index in [0.29, 0.717) is 25.9 Å². The zero-order chi connectivity index (χ0) is 17.0. The zero-order valence-electron chi connectivity index (χ0n) is 13.5. The second-order valence-corrected chi connectivity index (χ2v) is 7.89. The van der Waals surface area contributed by atoms with E-state index in [1.54, 1.807) is 0 Å². The first-order valence-corrected chi connectivity index (χ1v) is 9.34. The summed E-state index contributed by atoms with van der Waals surface area (Å²) in [6.07, 6.45) is 1.87. The second kappa shape index (κ2) is 7.40. The molecule has 1 heterocycles. The van der Waals surface area contributed by atoms with E-state index in [-0.39, 0.29) is 22.8 Å². The van der Waals surface area contributed by atoms with Gasteiger partial charge >= 0.3 is 0 Å². The van der Waals surface area contributed by atoms with Crippen LogP contribution >= 0.6 is 0 Å². The quantitative estimate of drug-likeness (QED) is 0.891. The lowest BCUT2D eigenvalue weighted by Crippen LogP contribution is -2.44. The number of nitrogens with zero attached hydrogens (tertiary/aromatic N) is 1. The summed E-state index contributed by atoms with van der Waals surface area (Å²) in [4.78, 5) is 12.2.